The van der Waals surface area contributed by atoms with Crippen LogP contribution in [-0.4, -0.2) is 60.1 Å². The van der Waals surface area contributed by atoms with Gasteiger partial charge in [-0.15, -0.1) is 24.0 Å². The van der Waals surface area contributed by atoms with Gasteiger partial charge >= 0.3 is 0 Å². The van der Waals surface area contributed by atoms with Gasteiger partial charge in [0, 0.05) is 23.9 Å². The molecule has 0 aromatic rings. The van der Waals surface area contributed by atoms with Crippen molar-refractivity contribution in [1.29, 1.82) is 0 Å². The zero-order chi connectivity index (χ0) is 15.7. The van der Waals surface area contributed by atoms with Crippen molar-refractivity contribution >= 4 is 41.7 Å². The third-order valence-corrected chi connectivity index (χ3v) is 5.74. The normalized spacial score (nSPS) is 23.3. The van der Waals surface area contributed by atoms with Gasteiger partial charge in [-0.3, -0.25) is 9.89 Å². The van der Waals surface area contributed by atoms with Gasteiger partial charge in [-0.2, -0.15) is 11.8 Å². The highest BCUT2D eigenvalue weighted by atomic mass is 127. The van der Waals surface area contributed by atoms with Crippen LogP contribution in [0.5, 0.6) is 0 Å². The molecule has 0 aromatic carbocycles. The molecule has 0 amide bonds. The van der Waals surface area contributed by atoms with E-state index in [2.05, 4.69) is 61.9 Å². The maximum absolute atomic E-state index is 4.81. The average molecular weight is 442 g/mol. The number of nitrogens with one attached hydrogen (secondary N) is 2. The van der Waals surface area contributed by atoms with Crippen LogP contribution in [0.25, 0.3) is 0 Å². The van der Waals surface area contributed by atoms with Crippen LogP contribution < -0.4 is 10.6 Å². The van der Waals surface area contributed by atoms with Gasteiger partial charge < -0.3 is 10.6 Å². The summed E-state index contributed by atoms with van der Waals surface area (Å²) in [5, 5.41) is 6.86. The Kier molecular flexibility index (Phi) is 12.0. The van der Waals surface area contributed by atoms with Crippen LogP contribution >= 0.6 is 35.7 Å². The summed E-state index contributed by atoms with van der Waals surface area (Å²) in [5.41, 5.74) is 0. The molecule has 0 saturated carbocycles. The predicted molar refractivity (Wildman–Crippen MR) is 112 cm³/mol. The third-order valence-electron chi connectivity index (χ3n) is 4.22. The molecule has 0 bridgehead atoms. The van der Waals surface area contributed by atoms with Crippen LogP contribution in [0.2, 0.25) is 0 Å². The topological polar surface area (TPSA) is 39.7 Å². The fourth-order valence-electron chi connectivity index (χ4n) is 2.77. The highest BCUT2D eigenvalue weighted by Gasteiger charge is 2.29. The number of halogens is 1. The van der Waals surface area contributed by atoms with Gasteiger partial charge in [-0.25, -0.2) is 0 Å². The van der Waals surface area contributed by atoms with E-state index in [1.165, 1.54) is 18.6 Å². The minimum absolute atomic E-state index is 0. The molecule has 132 valence electrons. The van der Waals surface area contributed by atoms with Gasteiger partial charge in [0.05, 0.1) is 6.54 Å². The summed E-state index contributed by atoms with van der Waals surface area (Å²) in [5.74, 6) is 2.25. The van der Waals surface area contributed by atoms with Crippen LogP contribution in [0, 0.1) is 0 Å². The van der Waals surface area contributed by atoms with E-state index in [1.54, 1.807) is 0 Å². The maximum Gasteiger partial charge on any atom is 0.191 e. The molecule has 1 rings (SSSR count). The van der Waals surface area contributed by atoms with E-state index in [0.717, 1.165) is 38.7 Å². The molecule has 2 N–H and O–H groups in total. The maximum atomic E-state index is 4.81. The standard InChI is InChI=1S/C16H34N4S.HI/c1-6-17-15(18-12-14(4)20(7-2)8-3)19-13-16(5)10-9-11-21-16;/h14H,6-13H2,1-5H3,(H2,17,18,19);1H. The zero-order valence-corrected chi connectivity index (χ0v) is 18.1. The second-order valence-corrected chi connectivity index (χ2v) is 7.73. The molecule has 0 aromatic heterocycles. The Morgan fingerprint density at radius 1 is 1.27 bits per heavy atom. The predicted octanol–water partition coefficient (Wildman–Crippen LogP) is 3.18. The minimum atomic E-state index is 0. The highest BCUT2D eigenvalue weighted by molar-refractivity contribution is 14.0. The van der Waals surface area contributed by atoms with E-state index < -0.39 is 0 Å². The van der Waals surface area contributed by atoms with Crippen molar-refractivity contribution in [3.63, 3.8) is 0 Å². The van der Waals surface area contributed by atoms with Gasteiger partial charge in [-0.1, -0.05) is 13.8 Å². The molecular formula is C16H35IN4S. The third kappa shape index (κ3) is 7.73. The first kappa shape index (κ1) is 22.3. The number of likely N-dealkylation sites (N-methyl/N-ethyl adjacent to an activating group) is 1. The molecule has 22 heavy (non-hydrogen) atoms. The Labute approximate surface area is 158 Å². The molecule has 1 aliphatic heterocycles. The quantitative estimate of drug-likeness (QED) is 0.344. The van der Waals surface area contributed by atoms with Crippen LogP contribution in [0.4, 0.5) is 0 Å². The number of aliphatic imine (C=N–C) groups is 1. The van der Waals surface area contributed by atoms with Crippen molar-refractivity contribution in [2.45, 2.75) is 58.2 Å². The first-order valence-corrected chi connectivity index (χ1v) is 9.43. The average Bonchev–Trinajstić information content (AvgIpc) is 2.90. The lowest BCUT2D eigenvalue weighted by molar-refractivity contribution is 0.231. The monoisotopic (exact) mass is 442 g/mol. The van der Waals surface area contributed by atoms with Gasteiger partial charge in [0.1, 0.15) is 0 Å². The smallest absolute Gasteiger partial charge is 0.191 e. The molecule has 2 unspecified atom stereocenters. The van der Waals surface area contributed by atoms with Crippen molar-refractivity contribution in [2.24, 2.45) is 4.99 Å². The Balaban J connectivity index is 0.00000441. The molecule has 1 saturated heterocycles. The molecule has 6 heteroatoms. The van der Waals surface area contributed by atoms with Crippen molar-refractivity contribution in [3.8, 4) is 0 Å². The first-order chi connectivity index (χ1) is 10.0. The second-order valence-electron chi connectivity index (χ2n) is 6.05. The Morgan fingerprint density at radius 3 is 2.45 bits per heavy atom. The van der Waals surface area contributed by atoms with Gasteiger partial charge in [0.25, 0.3) is 0 Å². The zero-order valence-electron chi connectivity index (χ0n) is 14.9. The van der Waals surface area contributed by atoms with Crippen molar-refractivity contribution in [1.82, 2.24) is 15.5 Å². The lowest BCUT2D eigenvalue weighted by atomic mass is 10.1. The summed E-state index contributed by atoms with van der Waals surface area (Å²) in [7, 11) is 0. The summed E-state index contributed by atoms with van der Waals surface area (Å²) in [6.45, 7) is 16.1. The number of guanidine groups is 1. The summed E-state index contributed by atoms with van der Waals surface area (Å²) in [6.07, 6.45) is 2.62. The van der Waals surface area contributed by atoms with E-state index in [9.17, 15) is 0 Å². The van der Waals surface area contributed by atoms with Crippen molar-refractivity contribution in [3.05, 3.63) is 0 Å². The molecule has 4 nitrogen and oxygen atoms in total. The fraction of sp³-hybridized carbons (Fsp3) is 0.938. The molecule has 1 heterocycles. The van der Waals surface area contributed by atoms with Gasteiger partial charge in [-0.05, 0) is 52.5 Å². The van der Waals surface area contributed by atoms with Crippen LogP contribution in [0.1, 0.15) is 47.5 Å². The van der Waals surface area contributed by atoms with E-state index in [0.29, 0.717) is 10.8 Å². The molecule has 0 spiro atoms. The van der Waals surface area contributed by atoms with Crippen molar-refractivity contribution < 1.29 is 0 Å². The van der Waals surface area contributed by atoms with E-state index >= 15 is 0 Å². The minimum Gasteiger partial charge on any atom is -0.357 e. The highest BCUT2D eigenvalue weighted by Crippen LogP contribution is 2.37. The summed E-state index contributed by atoms with van der Waals surface area (Å²) < 4.78 is 0.340. The molecule has 1 fully saturated rings. The van der Waals surface area contributed by atoms with E-state index in [4.69, 9.17) is 4.99 Å². The Morgan fingerprint density at radius 2 is 1.95 bits per heavy atom. The lowest BCUT2D eigenvalue weighted by Gasteiger charge is -2.27. The fourth-order valence-corrected chi connectivity index (χ4v) is 4.00. The van der Waals surface area contributed by atoms with Gasteiger partial charge in [0.15, 0.2) is 5.96 Å². The number of thioether (sulfide) groups is 1. The summed E-state index contributed by atoms with van der Waals surface area (Å²) in [4.78, 5) is 7.27. The molecular weight excluding hydrogens is 407 g/mol. The molecule has 2 atom stereocenters. The van der Waals surface area contributed by atoms with Gasteiger partial charge in [0.2, 0.25) is 0 Å². The Bertz CT molecular complexity index is 315. The number of hydrogen-bond donors (Lipinski definition) is 2. The first-order valence-electron chi connectivity index (χ1n) is 8.44. The molecule has 0 radical (unpaired) electrons. The summed E-state index contributed by atoms with van der Waals surface area (Å²) >= 11 is 2.07. The van der Waals surface area contributed by atoms with Crippen molar-refractivity contribution in [2.75, 3.05) is 38.5 Å². The van der Waals surface area contributed by atoms with Crippen LogP contribution in [0.3, 0.4) is 0 Å². The van der Waals surface area contributed by atoms with E-state index in [1.807, 2.05) is 0 Å². The van der Waals surface area contributed by atoms with E-state index in [-0.39, 0.29) is 24.0 Å². The van der Waals surface area contributed by atoms with Crippen LogP contribution in [0.15, 0.2) is 4.99 Å². The number of rotatable bonds is 8. The largest absolute Gasteiger partial charge is 0.357 e. The lowest BCUT2D eigenvalue weighted by Crippen LogP contribution is -2.46. The number of nitrogens with zero attached hydrogens (tertiary/aromatic N) is 2. The summed E-state index contributed by atoms with van der Waals surface area (Å²) in [6, 6.07) is 0.528. The molecule has 1 aliphatic rings. The van der Waals surface area contributed by atoms with Crippen LogP contribution in [-0.2, 0) is 0 Å². The molecule has 0 aliphatic carbocycles. The second kappa shape index (κ2) is 11.8. The number of hydrogen-bond acceptors (Lipinski definition) is 3. The SMILES string of the molecule is CCNC(=NCC1(C)CCCS1)NCC(C)N(CC)CC.I. The Hall–Kier alpha value is 0.310.